The summed E-state index contributed by atoms with van der Waals surface area (Å²) in [6, 6.07) is 0. The van der Waals surface area contributed by atoms with Gasteiger partial charge < -0.3 is 46.0 Å². The van der Waals surface area contributed by atoms with Crippen LogP contribution in [0.3, 0.4) is 0 Å². The fourth-order valence-electron chi connectivity index (χ4n) is 0.354. The summed E-state index contributed by atoms with van der Waals surface area (Å²) in [6.07, 6.45) is 7.18. The van der Waals surface area contributed by atoms with Crippen LogP contribution in [0.15, 0.2) is 0 Å². The molecule has 0 bridgehead atoms. The summed E-state index contributed by atoms with van der Waals surface area (Å²) in [5, 5.41) is 0. The van der Waals surface area contributed by atoms with E-state index in [0.29, 0.717) is 0 Å². The van der Waals surface area contributed by atoms with E-state index in [2.05, 4.69) is 26.7 Å². The Morgan fingerprint density at radius 1 is 1.00 bits per heavy atom. The molecule has 0 saturated heterocycles. The molecule has 0 saturated carbocycles. The van der Waals surface area contributed by atoms with Gasteiger partial charge in [0.25, 0.3) is 0 Å². The largest absolute Gasteiger partial charge is 4.00 e. The van der Waals surface area contributed by atoms with E-state index in [1.807, 2.05) is 0 Å². The quantitative estimate of drug-likeness (QED) is 0.550. The average molecular weight is 291 g/mol. The van der Waals surface area contributed by atoms with Crippen LogP contribution in [0.4, 0.5) is 0 Å². The molecule has 0 spiro atoms. The van der Waals surface area contributed by atoms with E-state index in [-0.39, 0.29) is 21.1 Å². The smallest absolute Gasteiger partial charge is 0.387 e. The summed E-state index contributed by atoms with van der Waals surface area (Å²) in [6.45, 7) is 7.32. The van der Waals surface area contributed by atoms with Gasteiger partial charge in [-0.25, -0.2) is 0 Å². The second kappa shape index (κ2) is 10.6. The van der Waals surface area contributed by atoms with Gasteiger partial charge in [0.15, 0.2) is 0 Å². The van der Waals surface area contributed by atoms with Crippen molar-refractivity contribution < 1.29 is 21.1 Å². The minimum atomic E-state index is 0. The van der Waals surface area contributed by atoms with Crippen molar-refractivity contribution in [3.05, 3.63) is 26.7 Å². The Hall–Kier alpha value is 0.688. The molecule has 0 rings (SSSR count). The third kappa shape index (κ3) is 9.85. The fraction of sp³-hybridized carbons (Fsp3) is 0.429. The molecule has 1 heteroatoms. The Bertz CT molecular complexity index is 23.6. The van der Waals surface area contributed by atoms with E-state index in [1.165, 1.54) is 0 Å². The zero-order valence-corrected chi connectivity index (χ0v) is 7.28. The van der Waals surface area contributed by atoms with Crippen LogP contribution in [-0.4, -0.2) is 0 Å². The summed E-state index contributed by atoms with van der Waals surface area (Å²) in [5.41, 5.74) is 0. The molecule has 0 atom stereocenters. The predicted molar refractivity (Wildman–Crippen MR) is 33.2 cm³/mol. The standard InChI is InChI=1S/C7H12.Pt/c1-3-5-7-6-4-2;/h5-6H,1-4,7H2;/q-4;+4. The average Bonchev–Trinajstić information content (AvgIpc) is 1.69. The fourth-order valence-corrected chi connectivity index (χ4v) is 0.354. The number of unbranched alkanes of at least 4 members (excludes halogenated alkanes) is 4. The summed E-state index contributed by atoms with van der Waals surface area (Å²) < 4.78 is 0. The SMILES string of the molecule is [CH2-]C[CH-]C[CH-]C[CH2-].[Pt+4]. The number of hydrogen-bond donors (Lipinski definition) is 0. The van der Waals surface area contributed by atoms with Crippen molar-refractivity contribution in [1.82, 2.24) is 0 Å². The van der Waals surface area contributed by atoms with Gasteiger partial charge in [0.1, 0.15) is 0 Å². The van der Waals surface area contributed by atoms with Crippen molar-refractivity contribution in [2.45, 2.75) is 19.3 Å². The molecule has 0 aliphatic heterocycles. The first-order chi connectivity index (χ1) is 3.41. The van der Waals surface area contributed by atoms with Gasteiger partial charge in [-0.15, -0.1) is 0 Å². The van der Waals surface area contributed by atoms with Crippen molar-refractivity contribution in [3.8, 4) is 0 Å². The summed E-state index contributed by atoms with van der Waals surface area (Å²) in [5.74, 6) is 0. The number of hydrogen-bond acceptors (Lipinski definition) is 0. The second-order valence-electron chi connectivity index (χ2n) is 1.39. The van der Waals surface area contributed by atoms with Crippen LogP contribution in [0.2, 0.25) is 0 Å². The molecule has 50 valence electrons. The molecule has 0 radical (unpaired) electrons. The van der Waals surface area contributed by atoms with E-state index >= 15 is 0 Å². The Morgan fingerprint density at radius 3 is 1.62 bits per heavy atom. The van der Waals surface area contributed by atoms with Crippen LogP contribution < -0.4 is 0 Å². The molecule has 0 aromatic rings. The topological polar surface area (TPSA) is 0 Å². The molecule has 0 unspecified atom stereocenters. The molecule has 0 heterocycles. The van der Waals surface area contributed by atoms with Crippen molar-refractivity contribution in [1.29, 1.82) is 0 Å². The Morgan fingerprint density at radius 2 is 1.38 bits per heavy atom. The van der Waals surface area contributed by atoms with Crippen LogP contribution >= 0.6 is 0 Å². The van der Waals surface area contributed by atoms with Gasteiger partial charge in [0, 0.05) is 0 Å². The Kier molecular flexibility index (Phi) is 15.3. The van der Waals surface area contributed by atoms with Crippen molar-refractivity contribution in [2.75, 3.05) is 0 Å². The van der Waals surface area contributed by atoms with E-state index < -0.39 is 0 Å². The molecule has 0 aliphatic carbocycles. The second-order valence-corrected chi connectivity index (χ2v) is 1.39. The maximum Gasteiger partial charge on any atom is 4.00 e. The molecular weight excluding hydrogens is 279 g/mol. The minimum Gasteiger partial charge on any atom is -0.387 e. The van der Waals surface area contributed by atoms with Gasteiger partial charge in [0.05, 0.1) is 0 Å². The summed E-state index contributed by atoms with van der Waals surface area (Å²) >= 11 is 0. The zero-order chi connectivity index (χ0) is 5.54. The predicted octanol–water partition coefficient (Wildman–Crippen LogP) is 2.23. The Balaban J connectivity index is 0. The van der Waals surface area contributed by atoms with Gasteiger partial charge in [-0.05, 0) is 0 Å². The van der Waals surface area contributed by atoms with Gasteiger partial charge in [-0.3, -0.25) is 0 Å². The maximum atomic E-state index is 3.66. The van der Waals surface area contributed by atoms with Crippen LogP contribution in [0.5, 0.6) is 0 Å². The van der Waals surface area contributed by atoms with Crippen molar-refractivity contribution >= 4 is 0 Å². The molecule has 0 nitrogen and oxygen atoms in total. The summed E-state index contributed by atoms with van der Waals surface area (Å²) in [4.78, 5) is 0. The first-order valence-electron chi connectivity index (χ1n) is 2.63. The van der Waals surface area contributed by atoms with Gasteiger partial charge >= 0.3 is 21.1 Å². The molecule has 0 fully saturated rings. The normalized spacial score (nSPS) is 8.25. The third-order valence-electron chi connectivity index (χ3n) is 0.742. The minimum absolute atomic E-state index is 0. The van der Waals surface area contributed by atoms with Crippen molar-refractivity contribution in [3.63, 3.8) is 0 Å². The Labute approximate surface area is 67.3 Å². The van der Waals surface area contributed by atoms with Gasteiger partial charge in [0.2, 0.25) is 0 Å². The molecule has 0 aliphatic rings. The van der Waals surface area contributed by atoms with Crippen LogP contribution in [0.1, 0.15) is 19.3 Å². The first-order valence-corrected chi connectivity index (χ1v) is 2.63. The number of rotatable bonds is 4. The first kappa shape index (κ1) is 11.5. The van der Waals surface area contributed by atoms with Crippen LogP contribution in [-0.2, 0) is 21.1 Å². The molecule has 0 N–H and O–H groups in total. The van der Waals surface area contributed by atoms with Crippen molar-refractivity contribution in [2.24, 2.45) is 0 Å². The van der Waals surface area contributed by atoms with Gasteiger partial charge in [-0.2, -0.15) is 0 Å². The van der Waals surface area contributed by atoms with E-state index in [9.17, 15) is 0 Å². The van der Waals surface area contributed by atoms with E-state index in [1.54, 1.807) is 0 Å². The molecular formula is C7H12Pt. The summed E-state index contributed by atoms with van der Waals surface area (Å²) in [7, 11) is 0. The molecule has 0 aromatic heterocycles. The molecule has 0 aromatic carbocycles. The monoisotopic (exact) mass is 291 g/mol. The maximum absolute atomic E-state index is 3.66. The van der Waals surface area contributed by atoms with Crippen LogP contribution in [0, 0.1) is 26.7 Å². The molecule has 0 amide bonds. The van der Waals surface area contributed by atoms with Crippen LogP contribution in [0.25, 0.3) is 0 Å². The third-order valence-corrected chi connectivity index (χ3v) is 0.742. The van der Waals surface area contributed by atoms with E-state index in [0.717, 1.165) is 19.3 Å². The molecule has 8 heavy (non-hydrogen) atoms. The van der Waals surface area contributed by atoms with Gasteiger partial charge in [-0.1, -0.05) is 0 Å². The van der Waals surface area contributed by atoms with E-state index in [4.69, 9.17) is 0 Å². The zero-order valence-electron chi connectivity index (χ0n) is 5.01.